The highest BCUT2D eigenvalue weighted by atomic mass is 15.1. The van der Waals surface area contributed by atoms with Gasteiger partial charge >= 0.3 is 0 Å². The minimum atomic E-state index is 1.02. The fourth-order valence-electron chi connectivity index (χ4n) is 3.72. The first-order chi connectivity index (χ1) is 12.0. The van der Waals surface area contributed by atoms with Crippen molar-refractivity contribution < 1.29 is 0 Å². The molecular formula is C23H30N2. The van der Waals surface area contributed by atoms with Gasteiger partial charge in [-0.2, -0.15) is 0 Å². The highest BCUT2D eigenvalue weighted by molar-refractivity contribution is 5.86. The van der Waals surface area contributed by atoms with Crippen molar-refractivity contribution in [3.63, 3.8) is 0 Å². The van der Waals surface area contributed by atoms with Crippen LogP contribution in [0.2, 0.25) is 0 Å². The Labute approximate surface area is 152 Å². The average Bonchev–Trinajstić information content (AvgIpc) is 2.87. The zero-order chi connectivity index (χ0) is 18.0. The van der Waals surface area contributed by atoms with Crippen LogP contribution in [0, 0.1) is 6.92 Å². The van der Waals surface area contributed by atoms with Crippen molar-refractivity contribution in [2.75, 3.05) is 13.6 Å². The highest BCUT2D eigenvalue weighted by Gasteiger charge is 2.22. The fourth-order valence-corrected chi connectivity index (χ4v) is 3.72. The second-order valence-electron chi connectivity index (χ2n) is 7.52. The van der Waals surface area contributed by atoms with Gasteiger partial charge in [-0.15, -0.1) is 0 Å². The van der Waals surface area contributed by atoms with Gasteiger partial charge in [-0.1, -0.05) is 42.0 Å². The van der Waals surface area contributed by atoms with E-state index in [1.165, 1.54) is 38.9 Å². The summed E-state index contributed by atoms with van der Waals surface area (Å²) in [7, 11) is 2.22. The van der Waals surface area contributed by atoms with Gasteiger partial charge in [0.25, 0.3) is 0 Å². The van der Waals surface area contributed by atoms with E-state index in [2.05, 4.69) is 74.2 Å². The van der Waals surface area contributed by atoms with Gasteiger partial charge in [0.05, 0.1) is 0 Å². The lowest BCUT2D eigenvalue weighted by atomic mass is 10.0. The molecule has 2 aromatic rings. The summed E-state index contributed by atoms with van der Waals surface area (Å²) in [6.45, 7) is 13.7. The van der Waals surface area contributed by atoms with Crippen molar-refractivity contribution in [2.45, 2.75) is 46.7 Å². The molecule has 1 aliphatic rings. The highest BCUT2D eigenvalue weighted by Crippen LogP contribution is 2.31. The van der Waals surface area contributed by atoms with Gasteiger partial charge in [-0.3, -0.25) is 0 Å². The monoisotopic (exact) mass is 334 g/mol. The summed E-state index contributed by atoms with van der Waals surface area (Å²) in [5.41, 5.74) is 8.41. The Morgan fingerprint density at radius 2 is 2.04 bits per heavy atom. The molecule has 3 rings (SSSR count). The molecule has 25 heavy (non-hydrogen) atoms. The molecule has 2 nitrogen and oxygen atoms in total. The number of rotatable bonds is 5. The molecule has 2 heteroatoms. The molecule has 0 atom stereocenters. The zero-order valence-corrected chi connectivity index (χ0v) is 16.1. The molecule has 2 heterocycles. The maximum atomic E-state index is 4.00. The summed E-state index contributed by atoms with van der Waals surface area (Å²) in [5.74, 6) is 0. The van der Waals surface area contributed by atoms with E-state index in [0.29, 0.717) is 0 Å². The molecule has 1 aromatic carbocycles. The van der Waals surface area contributed by atoms with E-state index >= 15 is 0 Å². The smallest absolute Gasteiger partial charge is 0.0486 e. The molecule has 0 fully saturated rings. The maximum absolute atomic E-state index is 4.00. The zero-order valence-electron chi connectivity index (χ0n) is 16.1. The molecular weight excluding hydrogens is 304 g/mol. The summed E-state index contributed by atoms with van der Waals surface area (Å²) in [6.07, 6.45) is 8.54. The molecule has 1 aliphatic heterocycles. The Kier molecular flexibility index (Phi) is 5.29. The van der Waals surface area contributed by atoms with Crippen molar-refractivity contribution in [2.24, 2.45) is 0 Å². The van der Waals surface area contributed by atoms with Crippen molar-refractivity contribution in [1.29, 1.82) is 0 Å². The lowest BCUT2D eigenvalue weighted by molar-refractivity contribution is 0.309. The van der Waals surface area contributed by atoms with Crippen LogP contribution in [0.15, 0.2) is 54.2 Å². The number of hydrogen-bond acceptors (Lipinski definition) is 1. The van der Waals surface area contributed by atoms with Gasteiger partial charge in [-0.25, -0.2) is 0 Å². The summed E-state index contributed by atoms with van der Waals surface area (Å²) in [5, 5.41) is 1.44. The number of hydrogen-bond donors (Lipinski definition) is 0. The van der Waals surface area contributed by atoms with Crippen LogP contribution in [-0.2, 0) is 19.5 Å². The summed E-state index contributed by atoms with van der Waals surface area (Å²) in [4.78, 5) is 2.43. The van der Waals surface area contributed by atoms with E-state index < -0.39 is 0 Å². The van der Waals surface area contributed by atoms with Crippen molar-refractivity contribution in [3.8, 4) is 0 Å². The number of likely N-dealkylation sites (N-methyl/N-ethyl adjacent to an activating group) is 1. The van der Waals surface area contributed by atoms with E-state index in [4.69, 9.17) is 0 Å². The molecule has 0 N–H and O–H groups in total. The van der Waals surface area contributed by atoms with Crippen LogP contribution in [0.5, 0.6) is 0 Å². The topological polar surface area (TPSA) is 8.17 Å². The number of fused-ring (bicyclic) bond motifs is 3. The van der Waals surface area contributed by atoms with E-state index in [1.807, 2.05) is 6.08 Å². The normalized spacial score (nSPS) is 15.3. The average molecular weight is 335 g/mol. The molecule has 0 amide bonds. The van der Waals surface area contributed by atoms with Gasteiger partial charge in [0.1, 0.15) is 0 Å². The van der Waals surface area contributed by atoms with E-state index in [9.17, 15) is 0 Å². The minimum Gasteiger partial charge on any atom is -0.344 e. The first-order valence-electron chi connectivity index (χ1n) is 9.25. The minimum absolute atomic E-state index is 1.02. The number of nitrogens with zero attached hydrogens (tertiary/aromatic N) is 2. The van der Waals surface area contributed by atoms with E-state index in [1.54, 1.807) is 0 Å². The number of aromatic nitrogens is 1. The number of aryl methyl sites for hydroxylation is 2. The van der Waals surface area contributed by atoms with E-state index in [-0.39, 0.29) is 0 Å². The van der Waals surface area contributed by atoms with Gasteiger partial charge in [-0.05, 0) is 57.5 Å². The molecule has 0 saturated carbocycles. The first kappa shape index (κ1) is 17.8. The lowest BCUT2D eigenvalue weighted by Gasteiger charge is -2.24. The van der Waals surface area contributed by atoms with E-state index in [0.717, 1.165) is 32.5 Å². The van der Waals surface area contributed by atoms with Crippen LogP contribution < -0.4 is 0 Å². The Hall–Kier alpha value is -2.06. The summed E-state index contributed by atoms with van der Waals surface area (Å²) >= 11 is 0. The molecule has 0 spiro atoms. The van der Waals surface area contributed by atoms with Crippen LogP contribution in [-0.4, -0.2) is 23.1 Å². The van der Waals surface area contributed by atoms with Gasteiger partial charge in [0.15, 0.2) is 0 Å². The van der Waals surface area contributed by atoms with Crippen LogP contribution >= 0.6 is 0 Å². The Bertz CT molecular complexity index is 845. The number of allylic oxidation sites excluding steroid dienone is 5. The molecule has 0 radical (unpaired) electrons. The third-order valence-corrected chi connectivity index (χ3v) is 5.12. The predicted molar refractivity (Wildman–Crippen MR) is 109 cm³/mol. The molecule has 1 aromatic heterocycles. The standard InChI is InChI=1S/C23H30N2/c1-6-19(9-7-17(2)3)11-14-25-22-10-8-18(4)15-20(22)21-16-24(5)13-12-23(21)25/h6-10,15H,1,11-14,16H2,2-5H3/b19-9+. The quantitative estimate of drug-likeness (QED) is 0.664. The van der Waals surface area contributed by atoms with Crippen molar-refractivity contribution in [3.05, 3.63) is 71.0 Å². The summed E-state index contributed by atoms with van der Waals surface area (Å²) in [6, 6.07) is 6.90. The lowest BCUT2D eigenvalue weighted by Crippen LogP contribution is -2.27. The van der Waals surface area contributed by atoms with Crippen LogP contribution in [0.3, 0.4) is 0 Å². The number of benzene rings is 1. The molecule has 0 bridgehead atoms. The fraction of sp³-hybridized carbons (Fsp3) is 0.391. The Balaban J connectivity index is 1.97. The summed E-state index contributed by atoms with van der Waals surface area (Å²) < 4.78 is 2.55. The molecule has 0 aliphatic carbocycles. The first-order valence-corrected chi connectivity index (χ1v) is 9.25. The maximum Gasteiger partial charge on any atom is 0.0486 e. The van der Waals surface area contributed by atoms with Gasteiger partial charge in [0, 0.05) is 42.7 Å². The second kappa shape index (κ2) is 7.45. The van der Waals surface area contributed by atoms with Crippen molar-refractivity contribution >= 4 is 10.9 Å². The second-order valence-corrected chi connectivity index (χ2v) is 7.52. The molecule has 0 unspecified atom stereocenters. The van der Waals surface area contributed by atoms with Crippen LogP contribution in [0.25, 0.3) is 10.9 Å². The van der Waals surface area contributed by atoms with Crippen LogP contribution in [0.4, 0.5) is 0 Å². The van der Waals surface area contributed by atoms with Crippen LogP contribution in [0.1, 0.15) is 37.1 Å². The van der Waals surface area contributed by atoms with Gasteiger partial charge < -0.3 is 9.47 Å². The Morgan fingerprint density at radius 3 is 2.76 bits per heavy atom. The SMILES string of the molecule is C=C/C(=C\C=C(C)C)CCn1c2c(c3cc(C)ccc31)CN(C)CC2. The predicted octanol–water partition coefficient (Wildman–Crippen LogP) is 5.41. The Morgan fingerprint density at radius 1 is 1.24 bits per heavy atom. The third-order valence-electron chi connectivity index (χ3n) is 5.12. The third kappa shape index (κ3) is 3.80. The largest absolute Gasteiger partial charge is 0.344 e. The molecule has 0 saturated heterocycles. The molecule has 132 valence electrons. The van der Waals surface area contributed by atoms with Crippen molar-refractivity contribution in [1.82, 2.24) is 9.47 Å². The van der Waals surface area contributed by atoms with Gasteiger partial charge in [0.2, 0.25) is 0 Å².